The molecule has 102 valence electrons. The van der Waals surface area contributed by atoms with Gasteiger partial charge in [0.2, 0.25) is 0 Å². The first kappa shape index (κ1) is 14.1. The van der Waals surface area contributed by atoms with E-state index in [1.54, 1.807) is 0 Å². The molecule has 2 rings (SSSR count). The van der Waals surface area contributed by atoms with Gasteiger partial charge in [0.25, 0.3) is 0 Å². The van der Waals surface area contributed by atoms with E-state index in [1.165, 1.54) is 18.4 Å². The van der Waals surface area contributed by atoms with Gasteiger partial charge in [0.15, 0.2) is 0 Å². The zero-order valence-electron chi connectivity index (χ0n) is 11.9. The normalized spacial score (nSPS) is 16.0. The van der Waals surface area contributed by atoms with Crippen molar-refractivity contribution in [3.8, 4) is 11.8 Å². The molecule has 0 bridgehead atoms. The van der Waals surface area contributed by atoms with Crippen LogP contribution in [0.1, 0.15) is 37.3 Å². The summed E-state index contributed by atoms with van der Waals surface area (Å²) in [6.45, 7) is 3.46. The molecular formula is C17H23NO. The maximum atomic E-state index is 8.68. The van der Waals surface area contributed by atoms with Crippen molar-refractivity contribution in [1.82, 2.24) is 4.90 Å². The zero-order valence-corrected chi connectivity index (χ0v) is 11.9. The highest BCUT2D eigenvalue weighted by Crippen LogP contribution is 2.35. The van der Waals surface area contributed by atoms with Crippen LogP contribution in [0.3, 0.4) is 0 Å². The third kappa shape index (κ3) is 4.38. The summed E-state index contributed by atoms with van der Waals surface area (Å²) in [6, 6.07) is 9.12. The number of hydrogen-bond acceptors (Lipinski definition) is 2. The Balaban J connectivity index is 1.89. The molecular weight excluding hydrogens is 234 g/mol. The third-order valence-corrected chi connectivity index (χ3v) is 3.85. The van der Waals surface area contributed by atoms with Crippen molar-refractivity contribution >= 4 is 0 Å². The van der Waals surface area contributed by atoms with Gasteiger partial charge in [-0.15, -0.1) is 0 Å². The Labute approximate surface area is 116 Å². The second kappa shape index (κ2) is 6.75. The summed E-state index contributed by atoms with van der Waals surface area (Å²) in [5.74, 6) is 6.91. The van der Waals surface area contributed by atoms with E-state index in [0.717, 1.165) is 18.0 Å². The van der Waals surface area contributed by atoms with E-state index in [0.29, 0.717) is 12.5 Å². The van der Waals surface area contributed by atoms with E-state index >= 15 is 0 Å². The Kier molecular flexibility index (Phi) is 5.01. The molecule has 0 saturated heterocycles. The molecule has 1 saturated carbocycles. The molecule has 0 aliphatic heterocycles. The molecule has 0 amide bonds. The largest absolute Gasteiger partial charge is 0.395 e. The van der Waals surface area contributed by atoms with E-state index in [2.05, 4.69) is 55.0 Å². The lowest BCUT2D eigenvalue weighted by Crippen LogP contribution is -2.30. The molecule has 1 fully saturated rings. The standard InChI is InChI=1S/C17H23NO/c1-14(17-10-11-17)18(2)13-16-8-6-15(7-9-16)5-3-4-12-19/h6-9,14,17,19H,4,10-13H2,1-2H3. The molecule has 1 N–H and O–H groups in total. The maximum Gasteiger partial charge on any atom is 0.0540 e. The van der Waals surface area contributed by atoms with Gasteiger partial charge in [-0.2, -0.15) is 0 Å². The van der Waals surface area contributed by atoms with Crippen LogP contribution < -0.4 is 0 Å². The van der Waals surface area contributed by atoms with E-state index in [1.807, 2.05) is 0 Å². The highest BCUT2D eigenvalue weighted by molar-refractivity contribution is 5.36. The molecule has 1 unspecified atom stereocenters. The third-order valence-electron chi connectivity index (χ3n) is 3.85. The van der Waals surface area contributed by atoms with Gasteiger partial charge in [-0.1, -0.05) is 24.0 Å². The number of nitrogens with zero attached hydrogens (tertiary/aromatic N) is 1. The highest BCUT2D eigenvalue weighted by Gasteiger charge is 2.30. The van der Waals surface area contributed by atoms with Crippen LogP contribution in [0, 0.1) is 17.8 Å². The van der Waals surface area contributed by atoms with Crippen LogP contribution in [0.15, 0.2) is 24.3 Å². The lowest BCUT2D eigenvalue weighted by molar-refractivity contribution is 0.226. The maximum absolute atomic E-state index is 8.68. The fraction of sp³-hybridized carbons (Fsp3) is 0.529. The van der Waals surface area contributed by atoms with Crippen LogP contribution in [0.5, 0.6) is 0 Å². The molecule has 2 nitrogen and oxygen atoms in total. The van der Waals surface area contributed by atoms with Gasteiger partial charge in [-0.3, -0.25) is 4.90 Å². The molecule has 1 aromatic rings. The van der Waals surface area contributed by atoms with Gasteiger partial charge < -0.3 is 5.11 Å². The van der Waals surface area contributed by atoms with Crippen molar-refractivity contribution in [2.45, 2.75) is 38.8 Å². The van der Waals surface area contributed by atoms with Gasteiger partial charge in [0.1, 0.15) is 0 Å². The van der Waals surface area contributed by atoms with E-state index in [9.17, 15) is 0 Å². The summed E-state index contributed by atoms with van der Waals surface area (Å²) in [6.07, 6.45) is 3.33. The Hall–Kier alpha value is -1.30. The molecule has 1 aliphatic rings. The SMILES string of the molecule is CC(C1CC1)N(C)Cc1ccc(C#CCCO)cc1. The summed E-state index contributed by atoms with van der Waals surface area (Å²) in [7, 11) is 2.21. The van der Waals surface area contributed by atoms with Crippen LogP contribution in [0.2, 0.25) is 0 Å². The second-order valence-electron chi connectivity index (χ2n) is 5.47. The van der Waals surface area contributed by atoms with Gasteiger partial charge >= 0.3 is 0 Å². The first-order chi connectivity index (χ1) is 9.20. The van der Waals surface area contributed by atoms with Gasteiger partial charge in [-0.25, -0.2) is 0 Å². The highest BCUT2D eigenvalue weighted by atomic mass is 16.2. The number of benzene rings is 1. The van der Waals surface area contributed by atoms with E-state index in [-0.39, 0.29) is 6.61 Å². The molecule has 19 heavy (non-hydrogen) atoms. The van der Waals surface area contributed by atoms with Gasteiger partial charge in [0, 0.05) is 24.6 Å². The Bertz CT molecular complexity index is 450. The predicted octanol–water partition coefficient (Wildman–Crippen LogP) is 2.65. The summed E-state index contributed by atoms with van der Waals surface area (Å²) >= 11 is 0. The lowest BCUT2D eigenvalue weighted by Gasteiger charge is -2.24. The molecule has 0 spiro atoms. The van der Waals surface area contributed by atoms with Crippen LogP contribution in [-0.4, -0.2) is 29.7 Å². The van der Waals surface area contributed by atoms with E-state index in [4.69, 9.17) is 5.11 Å². The quantitative estimate of drug-likeness (QED) is 0.820. The van der Waals surface area contributed by atoms with Crippen molar-refractivity contribution in [3.05, 3.63) is 35.4 Å². The van der Waals surface area contributed by atoms with Crippen molar-refractivity contribution in [1.29, 1.82) is 0 Å². The number of aliphatic hydroxyl groups is 1. The monoisotopic (exact) mass is 257 g/mol. The number of hydrogen-bond donors (Lipinski definition) is 1. The summed E-state index contributed by atoms with van der Waals surface area (Å²) in [5, 5.41) is 8.68. The van der Waals surface area contributed by atoms with Crippen LogP contribution in [-0.2, 0) is 6.54 Å². The summed E-state index contributed by atoms with van der Waals surface area (Å²) in [4.78, 5) is 2.43. The number of rotatable bonds is 5. The number of aliphatic hydroxyl groups excluding tert-OH is 1. The van der Waals surface area contributed by atoms with Crippen molar-refractivity contribution in [3.63, 3.8) is 0 Å². The second-order valence-corrected chi connectivity index (χ2v) is 5.47. The molecule has 0 aromatic heterocycles. The van der Waals surface area contributed by atoms with Crippen LogP contribution in [0.25, 0.3) is 0 Å². The fourth-order valence-electron chi connectivity index (χ4n) is 2.28. The van der Waals surface area contributed by atoms with E-state index < -0.39 is 0 Å². The van der Waals surface area contributed by atoms with Crippen molar-refractivity contribution in [2.24, 2.45) is 5.92 Å². The lowest BCUT2D eigenvalue weighted by atomic mass is 10.1. The molecule has 2 heteroatoms. The molecule has 0 heterocycles. The smallest absolute Gasteiger partial charge is 0.0540 e. The first-order valence-corrected chi connectivity index (χ1v) is 7.09. The van der Waals surface area contributed by atoms with Crippen LogP contribution in [0.4, 0.5) is 0 Å². The summed E-state index contributed by atoms with van der Waals surface area (Å²) < 4.78 is 0. The average Bonchev–Trinajstić information content (AvgIpc) is 3.24. The minimum atomic E-state index is 0.134. The van der Waals surface area contributed by atoms with Gasteiger partial charge in [-0.05, 0) is 50.4 Å². The minimum Gasteiger partial charge on any atom is -0.395 e. The van der Waals surface area contributed by atoms with Crippen LogP contribution >= 0.6 is 0 Å². The predicted molar refractivity (Wildman–Crippen MR) is 78.7 cm³/mol. The van der Waals surface area contributed by atoms with Gasteiger partial charge in [0.05, 0.1) is 6.61 Å². The average molecular weight is 257 g/mol. The Morgan fingerprint density at radius 3 is 2.58 bits per heavy atom. The minimum absolute atomic E-state index is 0.134. The topological polar surface area (TPSA) is 23.5 Å². The Morgan fingerprint density at radius 1 is 1.32 bits per heavy atom. The molecule has 1 atom stereocenters. The molecule has 1 aliphatic carbocycles. The van der Waals surface area contributed by atoms with Crippen molar-refractivity contribution < 1.29 is 5.11 Å². The molecule has 1 aromatic carbocycles. The Morgan fingerprint density at radius 2 is 2.00 bits per heavy atom. The summed E-state index contributed by atoms with van der Waals surface area (Å²) in [5.41, 5.74) is 2.36. The first-order valence-electron chi connectivity index (χ1n) is 7.09. The zero-order chi connectivity index (χ0) is 13.7. The fourth-order valence-corrected chi connectivity index (χ4v) is 2.28. The molecule has 0 radical (unpaired) electrons. The van der Waals surface area contributed by atoms with Crippen molar-refractivity contribution in [2.75, 3.05) is 13.7 Å².